The second kappa shape index (κ2) is 7.06. The average Bonchev–Trinajstić information content (AvgIpc) is 2.94. The zero-order valence-electron chi connectivity index (χ0n) is 14.0. The molecule has 1 aromatic heterocycles. The maximum Gasteiger partial charge on any atom is 0.419 e. The van der Waals surface area contributed by atoms with Gasteiger partial charge in [0, 0.05) is 18.1 Å². The summed E-state index contributed by atoms with van der Waals surface area (Å²) in [5, 5.41) is 0.778. The fourth-order valence-electron chi connectivity index (χ4n) is 3.62. The maximum atomic E-state index is 12.1. The van der Waals surface area contributed by atoms with E-state index in [1.165, 1.54) is 5.56 Å². The van der Waals surface area contributed by atoms with E-state index in [1.54, 1.807) is 4.57 Å². The Labute approximate surface area is 151 Å². The number of aromatic nitrogens is 1. The summed E-state index contributed by atoms with van der Waals surface area (Å²) in [6, 6.07) is 15.7. The first-order chi connectivity index (χ1) is 12.2. The Hall–Kier alpha value is -2.04. The molecule has 1 saturated heterocycles. The van der Waals surface area contributed by atoms with Crippen molar-refractivity contribution in [3.63, 3.8) is 0 Å². The molecule has 2 aromatic carbocycles. The van der Waals surface area contributed by atoms with Crippen LogP contribution in [0.15, 0.2) is 57.7 Å². The standard InChI is InChI=1S/C20H21ClN2O2/c21-17-7-5-15(6-8-17)13-22-11-9-16(10-12-22)14-23-18-3-1-2-4-19(18)25-20(23)24/h1-8,16H,9-14H2. The van der Waals surface area contributed by atoms with Crippen LogP contribution < -0.4 is 5.76 Å². The Morgan fingerprint density at radius 1 is 1.04 bits per heavy atom. The molecule has 4 nitrogen and oxygen atoms in total. The normalized spacial score (nSPS) is 16.5. The van der Waals surface area contributed by atoms with Crippen LogP contribution in [0, 0.1) is 5.92 Å². The molecule has 1 fully saturated rings. The molecule has 25 heavy (non-hydrogen) atoms. The SMILES string of the molecule is O=c1oc2ccccc2n1CC1CCN(Cc2ccc(Cl)cc2)CC1. The predicted molar refractivity (Wildman–Crippen MR) is 99.9 cm³/mol. The van der Waals surface area contributed by atoms with Crippen LogP contribution in [0.1, 0.15) is 18.4 Å². The summed E-state index contributed by atoms with van der Waals surface area (Å²) in [5.74, 6) is 0.268. The number of oxazole rings is 1. The van der Waals surface area contributed by atoms with Crippen molar-refractivity contribution in [1.82, 2.24) is 9.47 Å². The van der Waals surface area contributed by atoms with E-state index >= 15 is 0 Å². The van der Waals surface area contributed by atoms with Gasteiger partial charge in [0.05, 0.1) is 5.52 Å². The maximum absolute atomic E-state index is 12.1. The van der Waals surface area contributed by atoms with Crippen LogP contribution in [0.2, 0.25) is 5.02 Å². The third-order valence-corrected chi connectivity index (χ3v) is 5.29. The van der Waals surface area contributed by atoms with Crippen molar-refractivity contribution in [2.45, 2.75) is 25.9 Å². The molecule has 130 valence electrons. The number of piperidine rings is 1. The summed E-state index contributed by atoms with van der Waals surface area (Å²) in [6.07, 6.45) is 2.19. The van der Waals surface area contributed by atoms with E-state index < -0.39 is 0 Å². The number of halogens is 1. The highest BCUT2D eigenvalue weighted by atomic mass is 35.5. The molecule has 1 aliphatic heterocycles. The highest BCUT2D eigenvalue weighted by Crippen LogP contribution is 2.22. The molecule has 0 N–H and O–H groups in total. The third kappa shape index (κ3) is 3.65. The fourth-order valence-corrected chi connectivity index (χ4v) is 3.75. The van der Waals surface area contributed by atoms with Gasteiger partial charge in [0.2, 0.25) is 0 Å². The molecule has 3 aromatic rings. The highest BCUT2D eigenvalue weighted by Gasteiger charge is 2.21. The lowest BCUT2D eigenvalue weighted by Crippen LogP contribution is -2.35. The lowest BCUT2D eigenvalue weighted by Gasteiger charge is -2.32. The molecule has 4 rings (SSSR count). The van der Waals surface area contributed by atoms with Crippen LogP contribution >= 0.6 is 11.6 Å². The number of benzene rings is 2. The van der Waals surface area contributed by atoms with E-state index in [4.69, 9.17) is 16.0 Å². The van der Waals surface area contributed by atoms with Gasteiger partial charge in [-0.25, -0.2) is 4.79 Å². The summed E-state index contributed by atoms with van der Waals surface area (Å²) >= 11 is 5.95. The molecule has 0 unspecified atom stereocenters. The quantitative estimate of drug-likeness (QED) is 0.704. The van der Waals surface area contributed by atoms with E-state index in [0.717, 1.165) is 49.6 Å². The monoisotopic (exact) mass is 356 g/mol. The Morgan fingerprint density at radius 2 is 1.76 bits per heavy atom. The van der Waals surface area contributed by atoms with E-state index in [0.29, 0.717) is 11.5 Å². The molecule has 0 aliphatic carbocycles. The van der Waals surface area contributed by atoms with Crippen LogP contribution in [0.5, 0.6) is 0 Å². The topological polar surface area (TPSA) is 38.4 Å². The zero-order valence-corrected chi connectivity index (χ0v) is 14.8. The van der Waals surface area contributed by atoms with Crippen LogP contribution in [0.3, 0.4) is 0 Å². The van der Waals surface area contributed by atoms with Crippen molar-refractivity contribution in [1.29, 1.82) is 0 Å². The zero-order chi connectivity index (χ0) is 17.2. The Bertz CT molecular complexity index is 905. The second-order valence-electron chi connectivity index (χ2n) is 6.79. The van der Waals surface area contributed by atoms with E-state index in [1.807, 2.05) is 36.4 Å². The van der Waals surface area contributed by atoms with Gasteiger partial charge in [-0.05, 0) is 61.7 Å². The number of fused-ring (bicyclic) bond motifs is 1. The molecule has 0 amide bonds. The average molecular weight is 357 g/mol. The fraction of sp³-hybridized carbons (Fsp3) is 0.350. The van der Waals surface area contributed by atoms with E-state index in [9.17, 15) is 4.79 Å². The first kappa shape index (κ1) is 16.4. The second-order valence-corrected chi connectivity index (χ2v) is 7.23. The highest BCUT2D eigenvalue weighted by molar-refractivity contribution is 6.30. The number of hydrogen-bond acceptors (Lipinski definition) is 3. The van der Waals surface area contributed by atoms with Crippen LogP contribution in [-0.4, -0.2) is 22.6 Å². The van der Waals surface area contributed by atoms with Crippen LogP contribution in [0.4, 0.5) is 0 Å². The Kier molecular flexibility index (Phi) is 4.64. The van der Waals surface area contributed by atoms with Gasteiger partial charge in [0.15, 0.2) is 5.58 Å². The van der Waals surface area contributed by atoms with Gasteiger partial charge in [-0.15, -0.1) is 0 Å². The first-order valence-corrected chi connectivity index (χ1v) is 9.12. The largest absolute Gasteiger partial charge is 0.419 e. The molecular formula is C20H21ClN2O2. The summed E-state index contributed by atoms with van der Waals surface area (Å²) in [5.41, 5.74) is 2.86. The van der Waals surface area contributed by atoms with Crippen molar-refractivity contribution < 1.29 is 4.42 Å². The van der Waals surface area contributed by atoms with Crippen LogP contribution in [0.25, 0.3) is 11.1 Å². The van der Waals surface area contributed by atoms with Crippen molar-refractivity contribution in [2.75, 3.05) is 13.1 Å². The molecule has 0 radical (unpaired) electrons. The molecule has 5 heteroatoms. The molecule has 2 heterocycles. The first-order valence-electron chi connectivity index (χ1n) is 8.74. The molecule has 0 spiro atoms. The number of nitrogens with zero attached hydrogens (tertiary/aromatic N) is 2. The molecule has 0 bridgehead atoms. The Morgan fingerprint density at radius 3 is 2.52 bits per heavy atom. The van der Waals surface area contributed by atoms with Gasteiger partial charge >= 0.3 is 5.76 Å². The van der Waals surface area contributed by atoms with Gasteiger partial charge in [0.1, 0.15) is 0 Å². The molecule has 0 atom stereocenters. The minimum atomic E-state index is -0.246. The van der Waals surface area contributed by atoms with E-state index in [2.05, 4.69) is 17.0 Å². The van der Waals surface area contributed by atoms with Gasteiger partial charge in [-0.1, -0.05) is 35.9 Å². The van der Waals surface area contributed by atoms with Gasteiger partial charge in [-0.3, -0.25) is 9.47 Å². The molecule has 1 aliphatic rings. The smallest absolute Gasteiger partial charge is 0.408 e. The summed E-state index contributed by atoms with van der Waals surface area (Å²) < 4.78 is 7.12. The van der Waals surface area contributed by atoms with Crippen molar-refractivity contribution in [2.24, 2.45) is 5.92 Å². The van der Waals surface area contributed by atoms with Crippen molar-refractivity contribution in [3.05, 3.63) is 69.7 Å². The minimum Gasteiger partial charge on any atom is -0.408 e. The number of para-hydroxylation sites is 2. The lowest BCUT2D eigenvalue weighted by molar-refractivity contribution is 0.166. The van der Waals surface area contributed by atoms with Crippen molar-refractivity contribution in [3.8, 4) is 0 Å². The third-order valence-electron chi connectivity index (χ3n) is 5.04. The summed E-state index contributed by atoms with van der Waals surface area (Å²) in [7, 11) is 0. The van der Waals surface area contributed by atoms with Gasteiger partial charge < -0.3 is 4.42 Å². The van der Waals surface area contributed by atoms with Crippen LogP contribution in [-0.2, 0) is 13.1 Å². The van der Waals surface area contributed by atoms with Crippen molar-refractivity contribution >= 4 is 22.7 Å². The van der Waals surface area contributed by atoms with Gasteiger partial charge in [-0.2, -0.15) is 0 Å². The lowest BCUT2D eigenvalue weighted by atomic mass is 9.96. The molecule has 0 saturated carbocycles. The number of hydrogen-bond donors (Lipinski definition) is 0. The molecular weight excluding hydrogens is 336 g/mol. The summed E-state index contributed by atoms with van der Waals surface area (Å²) in [6.45, 7) is 3.80. The number of rotatable bonds is 4. The predicted octanol–water partition coefficient (Wildman–Crippen LogP) is 4.16. The minimum absolute atomic E-state index is 0.246. The number of likely N-dealkylation sites (tertiary alicyclic amines) is 1. The Balaban J connectivity index is 1.38. The van der Waals surface area contributed by atoms with Gasteiger partial charge in [0.25, 0.3) is 0 Å². The van der Waals surface area contributed by atoms with E-state index in [-0.39, 0.29) is 5.76 Å². The summed E-state index contributed by atoms with van der Waals surface area (Å²) in [4.78, 5) is 14.6.